The highest BCUT2D eigenvalue weighted by atomic mass is 32.1. The summed E-state index contributed by atoms with van der Waals surface area (Å²) in [4.78, 5) is 5.17. The highest BCUT2D eigenvalue weighted by Gasteiger charge is 2.39. The molecule has 4 heteroatoms. The van der Waals surface area contributed by atoms with Crippen molar-refractivity contribution in [3.8, 4) is 0 Å². The number of aliphatic hydroxyl groups excluding tert-OH is 1. The van der Waals surface area contributed by atoms with Crippen molar-refractivity contribution in [3.05, 3.63) is 16.6 Å². The average molecular weight is 241 g/mol. The molecule has 1 N–H and O–H groups in total. The second kappa shape index (κ2) is 5.25. The van der Waals surface area contributed by atoms with Crippen LogP contribution in [-0.4, -0.2) is 28.9 Å². The lowest BCUT2D eigenvalue weighted by Gasteiger charge is -2.39. The molecule has 1 aromatic heterocycles. The van der Waals surface area contributed by atoms with Crippen molar-refractivity contribution in [2.24, 2.45) is 0 Å². The Morgan fingerprint density at radius 3 is 2.81 bits per heavy atom. The van der Waals surface area contributed by atoms with Crippen LogP contribution in [-0.2, 0) is 11.2 Å². The molecule has 0 aromatic carbocycles. The van der Waals surface area contributed by atoms with Gasteiger partial charge in [-0.15, -0.1) is 11.3 Å². The summed E-state index contributed by atoms with van der Waals surface area (Å²) >= 11 is 1.60. The first-order valence-electron chi connectivity index (χ1n) is 5.87. The van der Waals surface area contributed by atoms with Crippen LogP contribution >= 0.6 is 11.3 Å². The van der Waals surface area contributed by atoms with Crippen molar-refractivity contribution >= 4 is 11.3 Å². The number of rotatable bonds is 4. The van der Waals surface area contributed by atoms with Crippen LogP contribution in [0.25, 0.3) is 0 Å². The van der Waals surface area contributed by atoms with E-state index in [-0.39, 0.29) is 5.60 Å². The van der Waals surface area contributed by atoms with Crippen LogP contribution in [0.1, 0.15) is 37.0 Å². The van der Waals surface area contributed by atoms with E-state index in [4.69, 9.17) is 4.74 Å². The SMILES string of the molecule is COC1(C(O)Cc2cncs2)CCCCC1. The minimum absolute atomic E-state index is 0.317. The second-order valence-corrected chi connectivity index (χ2v) is 5.49. The zero-order valence-corrected chi connectivity index (χ0v) is 10.5. The van der Waals surface area contributed by atoms with Gasteiger partial charge in [-0.2, -0.15) is 0 Å². The van der Waals surface area contributed by atoms with Gasteiger partial charge >= 0.3 is 0 Å². The summed E-state index contributed by atoms with van der Waals surface area (Å²) in [7, 11) is 1.72. The predicted octanol–water partition coefficient (Wildman–Crippen LogP) is 2.40. The van der Waals surface area contributed by atoms with Crippen molar-refractivity contribution in [2.45, 2.75) is 50.2 Å². The smallest absolute Gasteiger partial charge is 0.0939 e. The summed E-state index contributed by atoms with van der Waals surface area (Å²) in [5.41, 5.74) is 1.49. The summed E-state index contributed by atoms with van der Waals surface area (Å²) in [5.74, 6) is 0. The Labute approximate surface area is 100 Å². The molecule has 0 spiro atoms. The molecule has 0 bridgehead atoms. The molecule has 0 saturated heterocycles. The van der Waals surface area contributed by atoms with Crippen molar-refractivity contribution in [2.75, 3.05) is 7.11 Å². The Hall–Kier alpha value is -0.450. The molecule has 2 rings (SSSR count). The maximum atomic E-state index is 10.4. The van der Waals surface area contributed by atoms with Gasteiger partial charge in [-0.25, -0.2) is 0 Å². The van der Waals surface area contributed by atoms with E-state index in [9.17, 15) is 5.11 Å². The van der Waals surface area contributed by atoms with Gasteiger partial charge in [0, 0.05) is 24.6 Å². The molecule has 1 heterocycles. The van der Waals surface area contributed by atoms with Crippen molar-refractivity contribution in [1.29, 1.82) is 0 Å². The van der Waals surface area contributed by atoms with Crippen LogP contribution in [0.2, 0.25) is 0 Å². The molecule has 1 unspecified atom stereocenters. The fourth-order valence-electron chi connectivity index (χ4n) is 2.54. The summed E-state index contributed by atoms with van der Waals surface area (Å²) in [6, 6.07) is 0. The van der Waals surface area contributed by atoms with Crippen LogP contribution in [0.4, 0.5) is 0 Å². The largest absolute Gasteiger partial charge is 0.390 e. The molecule has 1 saturated carbocycles. The third-order valence-corrected chi connectivity index (χ3v) is 4.39. The maximum Gasteiger partial charge on any atom is 0.0939 e. The van der Waals surface area contributed by atoms with E-state index in [0.29, 0.717) is 6.42 Å². The summed E-state index contributed by atoms with van der Waals surface area (Å²) in [6.45, 7) is 0. The van der Waals surface area contributed by atoms with E-state index in [2.05, 4.69) is 4.98 Å². The van der Waals surface area contributed by atoms with E-state index in [1.54, 1.807) is 18.4 Å². The maximum absolute atomic E-state index is 10.4. The van der Waals surface area contributed by atoms with E-state index in [1.807, 2.05) is 11.7 Å². The first-order valence-corrected chi connectivity index (χ1v) is 6.75. The van der Waals surface area contributed by atoms with Gasteiger partial charge in [0.15, 0.2) is 0 Å². The fourth-order valence-corrected chi connectivity index (χ4v) is 3.18. The minimum Gasteiger partial charge on any atom is -0.390 e. The van der Waals surface area contributed by atoms with Gasteiger partial charge in [0.2, 0.25) is 0 Å². The molecule has 0 amide bonds. The van der Waals surface area contributed by atoms with Gasteiger partial charge in [0.25, 0.3) is 0 Å². The topological polar surface area (TPSA) is 42.4 Å². The number of ether oxygens (including phenoxy) is 1. The number of hydrogen-bond donors (Lipinski definition) is 1. The molecule has 3 nitrogen and oxygen atoms in total. The molecule has 1 aliphatic carbocycles. The van der Waals surface area contributed by atoms with E-state index < -0.39 is 6.10 Å². The van der Waals surface area contributed by atoms with Crippen molar-refractivity contribution < 1.29 is 9.84 Å². The summed E-state index contributed by atoms with van der Waals surface area (Å²) in [5, 5.41) is 10.4. The monoisotopic (exact) mass is 241 g/mol. The highest BCUT2D eigenvalue weighted by Crippen LogP contribution is 2.35. The Kier molecular flexibility index (Phi) is 3.95. The molecular formula is C12H19NO2S. The van der Waals surface area contributed by atoms with E-state index in [0.717, 1.165) is 30.6 Å². The fraction of sp³-hybridized carbons (Fsp3) is 0.750. The molecule has 0 radical (unpaired) electrons. The number of thiazole rings is 1. The van der Waals surface area contributed by atoms with Crippen LogP contribution in [0.5, 0.6) is 0 Å². The van der Waals surface area contributed by atoms with Crippen LogP contribution in [0, 0.1) is 0 Å². The molecule has 1 atom stereocenters. The minimum atomic E-state index is -0.404. The Balaban J connectivity index is 2.02. The van der Waals surface area contributed by atoms with Gasteiger partial charge < -0.3 is 9.84 Å². The number of aliphatic hydroxyl groups is 1. The van der Waals surface area contributed by atoms with E-state index >= 15 is 0 Å². The molecule has 1 aliphatic rings. The number of methoxy groups -OCH3 is 1. The van der Waals surface area contributed by atoms with E-state index in [1.165, 1.54) is 6.42 Å². The Morgan fingerprint density at radius 1 is 1.50 bits per heavy atom. The third kappa shape index (κ3) is 2.44. The van der Waals surface area contributed by atoms with Gasteiger partial charge in [-0.3, -0.25) is 4.98 Å². The van der Waals surface area contributed by atoms with Crippen molar-refractivity contribution in [1.82, 2.24) is 4.98 Å². The van der Waals surface area contributed by atoms with Gasteiger partial charge in [-0.05, 0) is 12.8 Å². The van der Waals surface area contributed by atoms with Crippen molar-refractivity contribution in [3.63, 3.8) is 0 Å². The number of aromatic nitrogens is 1. The molecule has 0 aliphatic heterocycles. The number of hydrogen-bond acceptors (Lipinski definition) is 4. The molecule has 1 aromatic rings. The highest BCUT2D eigenvalue weighted by molar-refractivity contribution is 7.09. The lowest BCUT2D eigenvalue weighted by atomic mass is 9.79. The first kappa shape index (κ1) is 12.0. The molecule has 16 heavy (non-hydrogen) atoms. The third-order valence-electron chi connectivity index (χ3n) is 3.59. The summed E-state index contributed by atoms with van der Waals surface area (Å²) in [6.07, 6.45) is 7.63. The lowest BCUT2D eigenvalue weighted by Crippen LogP contribution is -2.46. The first-order chi connectivity index (χ1) is 7.77. The molecule has 1 fully saturated rings. The van der Waals surface area contributed by atoms with Crippen LogP contribution in [0.15, 0.2) is 11.7 Å². The van der Waals surface area contributed by atoms with Gasteiger partial charge in [0.1, 0.15) is 0 Å². The number of nitrogens with zero attached hydrogens (tertiary/aromatic N) is 1. The standard InChI is InChI=1S/C12H19NO2S/c1-15-12(5-3-2-4-6-12)11(14)7-10-8-13-9-16-10/h8-9,11,14H,2-7H2,1H3. The Morgan fingerprint density at radius 2 is 2.25 bits per heavy atom. The Bertz CT molecular complexity index is 307. The van der Waals surface area contributed by atoms with Crippen LogP contribution in [0.3, 0.4) is 0 Å². The van der Waals surface area contributed by atoms with Crippen LogP contribution < -0.4 is 0 Å². The normalized spacial score (nSPS) is 21.9. The average Bonchev–Trinajstić information content (AvgIpc) is 2.82. The lowest BCUT2D eigenvalue weighted by molar-refractivity contribution is -0.122. The van der Waals surface area contributed by atoms with Gasteiger partial charge in [0.05, 0.1) is 17.2 Å². The molecular weight excluding hydrogens is 222 g/mol. The summed E-state index contributed by atoms with van der Waals surface area (Å²) < 4.78 is 5.62. The zero-order chi connectivity index (χ0) is 11.4. The second-order valence-electron chi connectivity index (χ2n) is 4.52. The van der Waals surface area contributed by atoms with Gasteiger partial charge in [-0.1, -0.05) is 19.3 Å². The quantitative estimate of drug-likeness (QED) is 0.880. The zero-order valence-electron chi connectivity index (χ0n) is 9.69. The predicted molar refractivity (Wildman–Crippen MR) is 64.6 cm³/mol. The molecule has 90 valence electrons.